The molecule has 0 bridgehead atoms. The van der Waals surface area contributed by atoms with Gasteiger partial charge in [0.15, 0.2) is 0 Å². The number of sulfonamides is 1. The van der Waals surface area contributed by atoms with Gasteiger partial charge >= 0.3 is 0 Å². The van der Waals surface area contributed by atoms with Crippen molar-refractivity contribution in [1.82, 2.24) is 14.9 Å². The molecular weight excluding hydrogens is 419 g/mol. The molecule has 0 aliphatic rings. The minimum absolute atomic E-state index is 0.177. The molecule has 31 heavy (non-hydrogen) atoms. The van der Waals surface area contributed by atoms with Crippen molar-refractivity contribution in [3.05, 3.63) is 78.1 Å². The van der Waals surface area contributed by atoms with Gasteiger partial charge in [-0.15, -0.1) is 0 Å². The quantitative estimate of drug-likeness (QED) is 0.498. The molecule has 0 fully saturated rings. The van der Waals surface area contributed by atoms with Gasteiger partial charge in [0.25, 0.3) is 15.9 Å². The SMILES string of the molecule is CNC(=O)c1ccc(-c2nc3cc(NS(=O)(=O)c4ccccc4F)ccc3n2C)cc1. The lowest BCUT2D eigenvalue weighted by Gasteiger charge is -2.09. The van der Waals surface area contributed by atoms with Crippen molar-refractivity contribution in [2.75, 3.05) is 11.8 Å². The van der Waals surface area contributed by atoms with E-state index in [0.29, 0.717) is 16.9 Å². The van der Waals surface area contributed by atoms with E-state index < -0.39 is 20.7 Å². The van der Waals surface area contributed by atoms with Crippen LogP contribution in [0.3, 0.4) is 0 Å². The van der Waals surface area contributed by atoms with Crippen LogP contribution in [0.2, 0.25) is 0 Å². The monoisotopic (exact) mass is 438 g/mol. The van der Waals surface area contributed by atoms with Crippen LogP contribution in [0.5, 0.6) is 0 Å². The zero-order chi connectivity index (χ0) is 22.2. The molecule has 4 aromatic rings. The fourth-order valence-corrected chi connectivity index (χ4v) is 4.44. The maximum atomic E-state index is 13.9. The first kappa shape index (κ1) is 20.5. The van der Waals surface area contributed by atoms with Gasteiger partial charge in [-0.1, -0.05) is 24.3 Å². The summed E-state index contributed by atoms with van der Waals surface area (Å²) in [5, 5.41) is 2.57. The number of anilines is 1. The molecule has 1 heterocycles. The van der Waals surface area contributed by atoms with Crippen LogP contribution in [0.15, 0.2) is 71.6 Å². The highest BCUT2D eigenvalue weighted by atomic mass is 32.2. The fraction of sp³-hybridized carbons (Fsp3) is 0.0909. The zero-order valence-corrected chi connectivity index (χ0v) is 17.6. The first-order valence-electron chi connectivity index (χ1n) is 9.36. The Balaban J connectivity index is 1.68. The third-order valence-electron chi connectivity index (χ3n) is 4.89. The van der Waals surface area contributed by atoms with E-state index in [1.165, 1.54) is 18.2 Å². The van der Waals surface area contributed by atoms with Crippen LogP contribution in [0.4, 0.5) is 10.1 Å². The summed E-state index contributed by atoms with van der Waals surface area (Å²) in [7, 11) is -0.664. The molecule has 0 aliphatic heterocycles. The van der Waals surface area contributed by atoms with Crippen molar-refractivity contribution in [3.8, 4) is 11.4 Å². The van der Waals surface area contributed by atoms with Gasteiger partial charge in [-0.05, 0) is 42.5 Å². The van der Waals surface area contributed by atoms with Crippen molar-refractivity contribution < 1.29 is 17.6 Å². The number of halogens is 1. The number of benzene rings is 3. The largest absolute Gasteiger partial charge is 0.355 e. The molecule has 0 saturated heterocycles. The van der Waals surface area contributed by atoms with Crippen molar-refractivity contribution in [3.63, 3.8) is 0 Å². The summed E-state index contributed by atoms with van der Waals surface area (Å²) in [6.45, 7) is 0. The highest BCUT2D eigenvalue weighted by molar-refractivity contribution is 7.92. The number of nitrogens with one attached hydrogen (secondary N) is 2. The summed E-state index contributed by atoms with van der Waals surface area (Å²) < 4.78 is 43.3. The van der Waals surface area contributed by atoms with Gasteiger partial charge in [-0.2, -0.15) is 0 Å². The highest BCUT2D eigenvalue weighted by Crippen LogP contribution is 2.27. The van der Waals surface area contributed by atoms with Crippen LogP contribution in [0, 0.1) is 5.82 Å². The first-order valence-corrected chi connectivity index (χ1v) is 10.8. The summed E-state index contributed by atoms with van der Waals surface area (Å²) >= 11 is 0. The summed E-state index contributed by atoms with van der Waals surface area (Å²) in [5.41, 5.74) is 2.98. The third-order valence-corrected chi connectivity index (χ3v) is 6.31. The Labute approximate surface area is 178 Å². The number of imidazole rings is 1. The maximum Gasteiger partial charge on any atom is 0.264 e. The highest BCUT2D eigenvalue weighted by Gasteiger charge is 2.19. The average Bonchev–Trinajstić information content (AvgIpc) is 3.09. The number of carbonyl (C=O) groups excluding carboxylic acids is 1. The summed E-state index contributed by atoms with van der Waals surface area (Å²) in [6.07, 6.45) is 0. The second-order valence-corrected chi connectivity index (χ2v) is 8.54. The summed E-state index contributed by atoms with van der Waals surface area (Å²) in [5.74, 6) is -0.340. The molecule has 0 aliphatic carbocycles. The lowest BCUT2D eigenvalue weighted by Crippen LogP contribution is -2.17. The minimum atomic E-state index is -4.08. The van der Waals surface area contributed by atoms with Gasteiger partial charge < -0.3 is 9.88 Å². The van der Waals surface area contributed by atoms with Crippen LogP contribution in [0.1, 0.15) is 10.4 Å². The third kappa shape index (κ3) is 3.87. The number of aryl methyl sites for hydroxylation is 1. The van der Waals surface area contributed by atoms with E-state index in [2.05, 4.69) is 15.0 Å². The molecule has 158 valence electrons. The Morgan fingerprint density at radius 3 is 2.42 bits per heavy atom. The number of amides is 1. The van der Waals surface area contributed by atoms with Crippen LogP contribution in [-0.4, -0.2) is 30.9 Å². The lowest BCUT2D eigenvalue weighted by molar-refractivity contribution is 0.0963. The summed E-state index contributed by atoms with van der Waals surface area (Å²) in [6, 6.07) is 17.1. The predicted octanol–water partition coefficient (Wildman–Crippen LogP) is 3.54. The number of nitrogens with zero attached hydrogens (tertiary/aromatic N) is 2. The molecule has 9 heteroatoms. The molecule has 7 nitrogen and oxygen atoms in total. The Bertz CT molecular complexity index is 1400. The molecule has 0 spiro atoms. The van der Waals surface area contributed by atoms with E-state index in [-0.39, 0.29) is 11.6 Å². The number of hydrogen-bond donors (Lipinski definition) is 2. The van der Waals surface area contributed by atoms with E-state index in [1.807, 2.05) is 11.6 Å². The van der Waals surface area contributed by atoms with Crippen LogP contribution >= 0.6 is 0 Å². The smallest absolute Gasteiger partial charge is 0.264 e. The molecule has 0 atom stereocenters. The van der Waals surface area contributed by atoms with Crippen molar-refractivity contribution in [2.24, 2.45) is 7.05 Å². The fourth-order valence-electron chi connectivity index (χ4n) is 3.31. The number of aromatic nitrogens is 2. The second-order valence-electron chi connectivity index (χ2n) is 6.89. The molecule has 1 amide bonds. The minimum Gasteiger partial charge on any atom is -0.355 e. The number of rotatable bonds is 5. The van der Waals surface area contributed by atoms with Gasteiger partial charge in [0.2, 0.25) is 0 Å². The Morgan fingerprint density at radius 1 is 1.03 bits per heavy atom. The Hall–Kier alpha value is -3.72. The van der Waals surface area contributed by atoms with Crippen molar-refractivity contribution >= 4 is 32.7 Å². The number of hydrogen-bond acceptors (Lipinski definition) is 4. The van der Waals surface area contributed by atoms with Gasteiger partial charge in [0.05, 0.1) is 16.7 Å². The van der Waals surface area contributed by atoms with Gasteiger partial charge in [0.1, 0.15) is 16.5 Å². The maximum absolute atomic E-state index is 13.9. The summed E-state index contributed by atoms with van der Waals surface area (Å²) in [4.78, 5) is 15.9. The van der Waals surface area contributed by atoms with Gasteiger partial charge in [-0.3, -0.25) is 9.52 Å². The molecule has 0 saturated carbocycles. The molecule has 0 radical (unpaired) electrons. The number of carbonyl (C=O) groups is 1. The molecule has 3 aromatic carbocycles. The molecule has 0 unspecified atom stereocenters. The van der Waals surface area contributed by atoms with E-state index in [1.54, 1.807) is 49.5 Å². The normalized spacial score (nSPS) is 11.5. The zero-order valence-electron chi connectivity index (χ0n) is 16.8. The number of fused-ring (bicyclic) bond motifs is 1. The first-order chi connectivity index (χ1) is 14.8. The molecular formula is C22H19FN4O3S. The standard InChI is InChI=1S/C22H19FN4O3S/c1-24-22(28)15-9-7-14(8-10-15)21-25-18-13-16(11-12-19(18)27(21)2)26-31(29,30)20-6-4-3-5-17(20)23/h3-13,26H,1-2H3,(H,24,28). The molecule has 4 rings (SSSR count). The van der Waals surface area contributed by atoms with Crippen molar-refractivity contribution in [1.29, 1.82) is 0 Å². The molecule has 2 N–H and O–H groups in total. The van der Waals surface area contributed by atoms with E-state index in [4.69, 9.17) is 0 Å². The Morgan fingerprint density at radius 2 is 1.74 bits per heavy atom. The Kier molecular flexibility index (Phi) is 5.20. The van der Waals surface area contributed by atoms with Crippen LogP contribution < -0.4 is 10.0 Å². The topological polar surface area (TPSA) is 93.1 Å². The predicted molar refractivity (Wildman–Crippen MR) is 117 cm³/mol. The average molecular weight is 438 g/mol. The van der Waals surface area contributed by atoms with Gasteiger partial charge in [0, 0.05) is 25.2 Å². The van der Waals surface area contributed by atoms with E-state index in [9.17, 15) is 17.6 Å². The second kappa shape index (κ2) is 7.84. The van der Waals surface area contributed by atoms with Crippen molar-refractivity contribution in [2.45, 2.75) is 4.90 Å². The van der Waals surface area contributed by atoms with Crippen LogP contribution in [0.25, 0.3) is 22.4 Å². The van der Waals surface area contributed by atoms with E-state index in [0.717, 1.165) is 17.1 Å². The lowest BCUT2D eigenvalue weighted by atomic mass is 10.1. The molecule has 1 aromatic heterocycles. The van der Waals surface area contributed by atoms with Gasteiger partial charge in [-0.25, -0.2) is 17.8 Å². The van der Waals surface area contributed by atoms with E-state index >= 15 is 0 Å². The van der Waals surface area contributed by atoms with Crippen LogP contribution in [-0.2, 0) is 17.1 Å².